The van der Waals surface area contributed by atoms with E-state index < -0.39 is 0 Å². The Labute approximate surface area is 199 Å². The van der Waals surface area contributed by atoms with Crippen LogP contribution in [0.15, 0.2) is 52.9 Å². The summed E-state index contributed by atoms with van der Waals surface area (Å²) in [5.74, 6) is 1.74. The molecule has 10 heteroatoms. The number of aromatic nitrogens is 3. The van der Waals surface area contributed by atoms with Crippen LogP contribution in [0, 0.1) is 12.7 Å². The van der Waals surface area contributed by atoms with E-state index in [4.69, 9.17) is 20.8 Å². The number of aryl methyl sites for hydroxylation is 1. The van der Waals surface area contributed by atoms with E-state index in [0.29, 0.717) is 71.3 Å². The van der Waals surface area contributed by atoms with Crippen LogP contribution in [0.2, 0.25) is 5.02 Å². The van der Waals surface area contributed by atoms with Gasteiger partial charge in [0.25, 0.3) is 11.6 Å². The summed E-state index contributed by atoms with van der Waals surface area (Å²) in [7, 11) is 0. The Morgan fingerprint density at radius 3 is 2.44 bits per heavy atom. The highest BCUT2D eigenvalue weighted by atomic mass is 35.5. The van der Waals surface area contributed by atoms with Crippen LogP contribution in [0.4, 0.5) is 10.2 Å². The number of oxazole rings is 1. The Morgan fingerprint density at radius 1 is 1.03 bits per heavy atom. The number of fused-ring (bicyclic) bond motifs is 1. The number of amides is 1. The molecule has 0 atom stereocenters. The van der Waals surface area contributed by atoms with Crippen molar-refractivity contribution >= 4 is 34.6 Å². The number of anilines is 1. The minimum Gasteiger partial charge on any atom is -0.484 e. The van der Waals surface area contributed by atoms with Gasteiger partial charge >= 0.3 is 0 Å². The lowest BCUT2D eigenvalue weighted by Crippen LogP contribution is -2.50. The number of piperazine rings is 1. The quantitative estimate of drug-likeness (QED) is 0.424. The van der Waals surface area contributed by atoms with E-state index in [9.17, 15) is 9.18 Å². The molecule has 1 amide bonds. The summed E-state index contributed by atoms with van der Waals surface area (Å²) in [6.45, 7) is 3.96. The second-order valence-electron chi connectivity index (χ2n) is 7.88. The SMILES string of the molecule is Cc1nc(N2CCN(C(=O)COc3ccc(Cl)cc3)CC2)c2nc(-c3ccc(F)cc3)oc2n1. The summed E-state index contributed by atoms with van der Waals surface area (Å²) < 4.78 is 24.7. The maximum atomic E-state index is 13.3. The summed E-state index contributed by atoms with van der Waals surface area (Å²) in [6.07, 6.45) is 0. The molecular formula is C24H21ClFN5O3. The monoisotopic (exact) mass is 481 g/mol. The van der Waals surface area contributed by atoms with Crippen LogP contribution >= 0.6 is 11.6 Å². The molecule has 0 unspecified atom stereocenters. The van der Waals surface area contributed by atoms with Crippen molar-refractivity contribution in [1.29, 1.82) is 0 Å². The molecule has 3 heterocycles. The van der Waals surface area contributed by atoms with Gasteiger partial charge in [0, 0.05) is 36.8 Å². The summed E-state index contributed by atoms with van der Waals surface area (Å²) in [4.78, 5) is 30.0. The summed E-state index contributed by atoms with van der Waals surface area (Å²) in [5, 5.41) is 0.612. The van der Waals surface area contributed by atoms with Gasteiger partial charge in [-0.3, -0.25) is 4.79 Å². The number of nitrogens with zero attached hydrogens (tertiary/aromatic N) is 5. The number of hydrogen-bond acceptors (Lipinski definition) is 7. The molecule has 0 saturated carbocycles. The van der Waals surface area contributed by atoms with E-state index in [-0.39, 0.29) is 18.3 Å². The molecule has 0 N–H and O–H groups in total. The average Bonchev–Trinajstić information content (AvgIpc) is 3.27. The van der Waals surface area contributed by atoms with E-state index in [1.54, 1.807) is 48.2 Å². The third-order valence-electron chi connectivity index (χ3n) is 5.55. The highest BCUT2D eigenvalue weighted by Crippen LogP contribution is 2.29. The predicted octanol–water partition coefficient (Wildman–Crippen LogP) is 4.11. The van der Waals surface area contributed by atoms with E-state index in [1.807, 2.05) is 0 Å². The smallest absolute Gasteiger partial charge is 0.260 e. The highest BCUT2D eigenvalue weighted by molar-refractivity contribution is 6.30. The third kappa shape index (κ3) is 4.65. The molecule has 0 aliphatic carbocycles. The van der Waals surface area contributed by atoms with Gasteiger partial charge in [0.2, 0.25) is 5.89 Å². The van der Waals surface area contributed by atoms with Gasteiger partial charge in [-0.1, -0.05) is 11.6 Å². The second-order valence-corrected chi connectivity index (χ2v) is 8.32. The van der Waals surface area contributed by atoms with Crippen molar-refractivity contribution in [2.75, 3.05) is 37.7 Å². The first kappa shape index (κ1) is 22.1. The predicted molar refractivity (Wildman–Crippen MR) is 125 cm³/mol. The molecule has 5 rings (SSSR count). The van der Waals surface area contributed by atoms with Crippen molar-refractivity contribution in [1.82, 2.24) is 19.9 Å². The van der Waals surface area contributed by atoms with Gasteiger partial charge in [0.1, 0.15) is 17.4 Å². The van der Waals surface area contributed by atoms with Crippen molar-refractivity contribution in [3.05, 3.63) is 65.2 Å². The topological polar surface area (TPSA) is 84.6 Å². The summed E-state index contributed by atoms with van der Waals surface area (Å²) in [5.41, 5.74) is 1.56. The molecule has 0 bridgehead atoms. The average molecular weight is 482 g/mol. The van der Waals surface area contributed by atoms with Crippen molar-refractivity contribution in [3.8, 4) is 17.2 Å². The lowest BCUT2D eigenvalue weighted by Gasteiger charge is -2.35. The summed E-state index contributed by atoms with van der Waals surface area (Å²) in [6, 6.07) is 12.8. The van der Waals surface area contributed by atoms with Crippen LogP contribution in [0.25, 0.3) is 22.7 Å². The maximum Gasteiger partial charge on any atom is 0.260 e. The number of benzene rings is 2. The minimum absolute atomic E-state index is 0.0389. The van der Waals surface area contributed by atoms with Crippen LogP contribution in [0.3, 0.4) is 0 Å². The van der Waals surface area contributed by atoms with E-state index in [1.165, 1.54) is 12.1 Å². The van der Waals surface area contributed by atoms with Gasteiger partial charge in [-0.15, -0.1) is 0 Å². The van der Waals surface area contributed by atoms with Crippen molar-refractivity contribution in [2.24, 2.45) is 0 Å². The van der Waals surface area contributed by atoms with Crippen LogP contribution in [0.5, 0.6) is 5.75 Å². The van der Waals surface area contributed by atoms with E-state index in [0.717, 1.165) is 0 Å². The molecule has 8 nitrogen and oxygen atoms in total. The van der Waals surface area contributed by atoms with Crippen LogP contribution in [0.1, 0.15) is 5.82 Å². The molecule has 0 spiro atoms. The largest absolute Gasteiger partial charge is 0.484 e. The van der Waals surface area contributed by atoms with Crippen LogP contribution < -0.4 is 9.64 Å². The molecule has 1 fully saturated rings. The Balaban J connectivity index is 1.28. The fraction of sp³-hybridized carbons (Fsp3) is 0.250. The first-order valence-corrected chi connectivity index (χ1v) is 11.2. The third-order valence-corrected chi connectivity index (χ3v) is 5.80. The molecule has 1 aliphatic rings. The maximum absolute atomic E-state index is 13.3. The zero-order valence-corrected chi connectivity index (χ0v) is 19.1. The lowest BCUT2D eigenvalue weighted by molar-refractivity contribution is -0.133. The highest BCUT2D eigenvalue weighted by Gasteiger charge is 2.26. The zero-order valence-electron chi connectivity index (χ0n) is 18.4. The van der Waals surface area contributed by atoms with Gasteiger partial charge in [-0.05, 0) is 55.5 Å². The zero-order chi connectivity index (χ0) is 23.7. The van der Waals surface area contributed by atoms with Crippen molar-refractivity contribution < 1.29 is 18.3 Å². The number of rotatable bonds is 5. The number of carbonyl (C=O) groups excluding carboxylic acids is 1. The second kappa shape index (κ2) is 9.26. The molecule has 1 saturated heterocycles. The number of hydrogen-bond donors (Lipinski definition) is 0. The Bertz CT molecular complexity index is 1320. The first-order valence-electron chi connectivity index (χ1n) is 10.8. The minimum atomic E-state index is -0.331. The van der Waals surface area contributed by atoms with Gasteiger partial charge < -0.3 is 19.0 Å². The van der Waals surface area contributed by atoms with Gasteiger partial charge in [0.15, 0.2) is 17.9 Å². The number of ether oxygens (including phenoxy) is 1. The Hall–Kier alpha value is -3.72. The molecule has 174 valence electrons. The molecule has 0 radical (unpaired) electrons. The molecular weight excluding hydrogens is 461 g/mol. The molecule has 1 aliphatic heterocycles. The van der Waals surface area contributed by atoms with Gasteiger partial charge in [0.05, 0.1) is 0 Å². The molecule has 2 aromatic carbocycles. The fourth-order valence-corrected chi connectivity index (χ4v) is 3.91. The molecule has 34 heavy (non-hydrogen) atoms. The Morgan fingerprint density at radius 2 is 1.74 bits per heavy atom. The first-order chi connectivity index (χ1) is 16.5. The summed E-state index contributed by atoms with van der Waals surface area (Å²) >= 11 is 5.88. The standard InChI is InChI=1S/C24H21ClFN5O3/c1-15-27-22(21-24(28-15)34-23(29-21)16-2-6-18(26)7-3-16)31-12-10-30(11-13-31)20(32)14-33-19-8-4-17(25)5-9-19/h2-9H,10-14H2,1H3. The Kier molecular flexibility index (Phi) is 6.02. The normalized spacial score (nSPS) is 14.0. The van der Waals surface area contributed by atoms with Gasteiger partial charge in [-0.25, -0.2) is 14.4 Å². The molecule has 4 aromatic rings. The van der Waals surface area contributed by atoms with Crippen molar-refractivity contribution in [3.63, 3.8) is 0 Å². The fourth-order valence-electron chi connectivity index (χ4n) is 3.78. The van der Waals surface area contributed by atoms with E-state index in [2.05, 4.69) is 19.9 Å². The number of carbonyl (C=O) groups is 1. The van der Waals surface area contributed by atoms with E-state index >= 15 is 0 Å². The van der Waals surface area contributed by atoms with Crippen LogP contribution in [-0.4, -0.2) is 58.5 Å². The molecule has 2 aromatic heterocycles. The van der Waals surface area contributed by atoms with Crippen molar-refractivity contribution in [2.45, 2.75) is 6.92 Å². The lowest BCUT2D eigenvalue weighted by atomic mass is 10.2. The number of halogens is 2. The van der Waals surface area contributed by atoms with Gasteiger partial charge in [-0.2, -0.15) is 4.98 Å². The van der Waals surface area contributed by atoms with Crippen LogP contribution in [-0.2, 0) is 4.79 Å².